The van der Waals surface area contributed by atoms with Crippen LogP contribution >= 0.6 is 0 Å². The Kier molecular flexibility index (Phi) is 8.92. The van der Waals surface area contributed by atoms with Gasteiger partial charge in [0.2, 0.25) is 5.88 Å². The van der Waals surface area contributed by atoms with Crippen molar-refractivity contribution in [3.63, 3.8) is 0 Å². The number of aliphatic hydroxyl groups excluding tert-OH is 1. The van der Waals surface area contributed by atoms with Crippen molar-refractivity contribution >= 4 is 11.9 Å². The maximum absolute atomic E-state index is 13.6. The molecule has 3 amide bonds. The molecule has 2 heterocycles. The number of ether oxygens (including phenoxy) is 2. The third-order valence-electron chi connectivity index (χ3n) is 6.27. The van der Waals surface area contributed by atoms with E-state index in [-0.39, 0.29) is 36.4 Å². The van der Waals surface area contributed by atoms with Crippen molar-refractivity contribution in [3.05, 3.63) is 42.1 Å². The highest BCUT2D eigenvalue weighted by Gasteiger charge is 2.34. The summed E-state index contributed by atoms with van der Waals surface area (Å²) in [4.78, 5) is 33.8. The van der Waals surface area contributed by atoms with Gasteiger partial charge in [-0.2, -0.15) is 0 Å². The van der Waals surface area contributed by atoms with Gasteiger partial charge < -0.3 is 29.7 Å². The molecule has 2 N–H and O–H groups in total. The van der Waals surface area contributed by atoms with Gasteiger partial charge in [-0.15, -0.1) is 0 Å². The summed E-state index contributed by atoms with van der Waals surface area (Å²) in [5.74, 6) is 0.606. The van der Waals surface area contributed by atoms with E-state index in [2.05, 4.69) is 10.3 Å². The lowest BCUT2D eigenvalue weighted by Gasteiger charge is -2.37. The molecular formula is C26H36N4O5. The summed E-state index contributed by atoms with van der Waals surface area (Å²) in [6, 6.07) is 8.72. The van der Waals surface area contributed by atoms with Crippen LogP contribution < -0.4 is 14.8 Å². The van der Waals surface area contributed by atoms with Gasteiger partial charge in [-0.05, 0) is 37.1 Å². The Balaban J connectivity index is 1.96. The highest BCUT2D eigenvalue weighted by molar-refractivity contribution is 5.98. The number of hydrogen-bond acceptors (Lipinski definition) is 6. The number of nitrogens with zero attached hydrogens (tertiary/aromatic N) is 3. The number of aromatic nitrogens is 1. The molecule has 9 heteroatoms. The van der Waals surface area contributed by atoms with Crippen LogP contribution in [0.3, 0.4) is 0 Å². The zero-order chi connectivity index (χ0) is 25.5. The zero-order valence-electron chi connectivity index (χ0n) is 21.2. The van der Waals surface area contributed by atoms with Crippen LogP contribution in [0.5, 0.6) is 11.6 Å². The number of methoxy groups -OCH3 is 1. The molecule has 0 fully saturated rings. The summed E-state index contributed by atoms with van der Waals surface area (Å²) < 4.78 is 11.5. The Morgan fingerprint density at radius 1 is 1.34 bits per heavy atom. The van der Waals surface area contributed by atoms with E-state index in [9.17, 15) is 14.7 Å². The number of rotatable bonds is 8. The lowest BCUT2D eigenvalue weighted by atomic mass is 9.99. The average Bonchev–Trinajstić information content (AvgIpc) is 2.88. The molecule has 35 heavy (non-hydrogen) atoms. The molecule has 0 bridgehead atoms. The molecule has 1 aliphatic heterocycles. The van der Waals surface area contributed by atoms with Crippen molar-refractivity contribution in [1.82, 2.24) is 20.1 Å². The number of nitrogens with one attached hydrogen (secondary N) is 1. The highest BCUT2D eigenvalue weighted by Crippen LogP contribution is 2.31. The molecule has 3 atom stereocenters. The SMILES string of the molecule is CCCNC(=O)N(C)C[C@@H]1Oc2ncc(-c3ccc(OC)cc3)cc2C(=O)N([C@H](C)CO)C[C@H]1C. The predicted molar refractivity (Wildman–Crippen MR) is 134 cm³/mol. The number of likely N-dealkylation sites (N-methyl/N-ethyl adjacent to an activating group) is 1. The first-order valence-electron chi connectivity index (χ1n) is 12.0. The molecular weight excluding hydrogens is 448 g/mol. The number of carbonyl (C=O) groups is 2. The second-order valence-electron chi connectivity index (χ2n) is 9.04. The van der Waals surface area contributed by atoms with E-state index >= 15 is 0 Å². The van der Waals surface area contributed by atoms with Crippen molar-refractivity contribution in [2.24, 2.45) is 5.92 Å². The van der Waals surface area contributed by atoms with E-state index in [1.807, 2.05) is 45.0 Å². The smallest absolute Gasteiger partial charge is 0.317 e. The van der Waals surface area contributed by atoms with Crippen molar-refractivity contribution in [2.75, 3.05) is 40.4 Å². The van der Waals surface area contributed by atoms with Crippen LogP contribution in [0.1, 0.15) is 37.6 Å². The molecule has 1 aliphatic rings. The van der Waals surface area contributed by atoms with Gasteiger partial charge in [-0.1, -0.05) is 26.0 Å². The number of carbonyl (C=O) groups excluding carboxylic acids is 2. The Labute approximate surface area is 207 Å². The van der Waals surface area contributed by atoms with Gasteiger partial charge in [0.15, 0.2) is 0 Å². The van der Waals surface area contributed by atoms with E-state index in [1.165, 1.54) is 0 Å². The van der Waals surface area contributed by atoms with Gasteiger partial charge in [0, 0.05) is 37.8 Å². The second-order valence-corrected chi connectivity index (χ2v) is 9.04. The fourth-order valence-electron chi connectivity index (χ4n) is 3.98. The lowest BCUT2D eigenvalue weighted by Crippen LogP contribution is -2.51. The molecule has 190 valence electrons. The number of amides is 3. The minimum Gasteiger partial charge on any atom is -0.497 e. The fourth-order valence-corrected chi connectivity index (χ4v) is 3.98. The van der Waals surface area contributed by atoms with Gasteiger partial charge in [0.25, 0.3) is 5.91 Å². The van der Waals surface area contributed by atoms with Crippen LogP contribution in [-0.2, 0) is 0 Å². The molecule has 0 radical (unpaired) electrons. The molecule has 2 aromatic rings. The van der Waals surface area contributed by atoms with Crippen LogP contribution in [0.2, 0.25) is 0 Å². The first kappa shape index (κ1) is 26.3. The highest BCUT2D eigenvalue weighted by atomic mass is 16.5. The summed E-state index contributed by atoms with van der Waals surface area (Å²) in [6.07, 6.45) is 2.13. The molecule has 9 nitrogen and oxygen atoms in total. The number of urea groups is 1. The van der Waals surface area contributed by atoms with Gasteiger partial charge in [-0.3, -0.25) is 4.79 Å². The van der Waals surface area contributed by atoms with Crippen LogP contribution in [0.4, 0.5) is 4.79 Å². The third kappa shape index (κ3) is 6.22. The average molecular weight is 485 g/mol. The maximum Gasteiger partial charge on any atom is 0.317 e. The molecule has 3 rings (SSSR count). The molecule has 0 aliphatic carbocycles. The summed E-state index contributed by atoms with van der Waals surface area (Å²) >= 11 is 0. The number of fused-ring (bicyclic) bond motifs is 1. The number of hydrogen-bond donors (Lipinski definition) is 2. The minimum atomic E-state index is -0.396. The molecule has 1 aromatic heterocycles. The standard InChI is InChI=1S/C26H36N4O5/c1-6-11-27-26(33)29(4)15-23-17(2)14-30(18(3)16-31)25(32)22-12-20(13-28-24(22)35-23)19-7-9-21(34-5)10-8-19/h7-10,12-13,17-18,23,31H,6,11,14-16H2,1-5H3,(H,27,33)/t17-,18-,23+/m1/s1. The Morgan fingerprint density at radius 3 is 2.69 bits per heavy atom. The van der Waals surface area contributed by atoms with E-state index in [4.69, 9.17) is 9.47 Å². The van der Waals surface area contributed by atoms with Crippen molar-refractivity contribution in [1.29, 1.82) is 0 Å². The maximum atomic E-state index is 13.6. The first-order chi connectivity index (χ1) is 16.8. The quantitative estimate of drug-likeness (QED) is 0.597. The summed E-state index contributed by atoms with van der Waals surface area (Å²) in [5, 5.41) is 12.7. The van der Waals surface area contributed by atoms with Crippen molar-refractivity contribution in [2.45, 2.75) is 39.3 Å². The van der Waals surface area contributed by atoms with Crippen LogP contribution in [0.15, 0.2) is 36.5 Å². The summed E-state index contributed by atoms with van der Waals surface area (Å²) in [5.41, 5.74) is 1.98. The summed E-state index contributed by atoms with van der Waals surface area (Å²) in [6.45, 7) is 6.92. The molecule has 1 aromatic carbocycles. The topological polar surface area (TPSA) is 104 Å². The van der Waals surface area contributed by atoms with Gasteiger partial charge in [0.05, 0.1) is 26.3 Å². The number of aliphatic hydroxyl groups is 1. The first-order valence-corrected chi connectivity index (χ1v) is 12.0. The van der Waals surface area contributed by atoms with Crippen LogP contribution in [0.25, 0.3) is 11.1 Å². The van der Waals surface area contributed by atoms with E-state index < -0.39 is 6.10 Å². The normalized spacial score (nSPS) is 18.6. The van der Waals surface area contributed by atoms with E-state index in [0.717, 1.165) is 23.3 Å². The van der Waals surface area contributed by atoms with Crippen molar-refractivity contribution in [3.8, 4) is 22.8 Å². The van der Waals surface area contributed by atoms with E-state index in [0.29, 0.717) is 25.2 Å². The molecule has 0 saturated heterocycles. The van der Waals surface area contributed by atoms with Crippen LogP contribution in [0, 0.1) is 5.92 Å². The van der Waals surface area contributed by atoms with E-state index in [1.54, 1.807) is 36.2 Å². The predicted octanol–water partition coefficient (Wildman–Crippen LogP) is 3.03. The fraction of sp³-hybridized carbons (Fsp3) is 0.500. The zero-order valence-corrected chi connectivity index (χ0v) is 21.2. The minimum absolute atomic E-state index is 0.106. The van der Waals surface area contributed by atoms with Gasteiger partial charge in [-0.25, -0.2) is 9.78 Å². The molecule has 0 unspecified atom stereocenters. The number of pyridine rings is 1. The lowest BCUT2D eigenvalue weighted by molar-refractivity contribution is 0.0352. The number of benzene rings is 1. The van der Waals surface area contributed by atoms with Crippen molar-refractivity contribution < 1.29 is 24.2 Å². The Hall–Kier alpha value is -3.33. The largest absolute Gasteiger partial charge is 0.497 e. The van der Waals surface area contributed by atoms with Gasteiger partial charge >= 0.3 is 6.03 Å². The Morgan fingerprint density at radius 2 is 2.06 bits per heavy atom. The Bertz CT molecular complexity index is 1010. The third-order valence-corrected chi connectivity index (χ3v) is 6.27. The second kappa shape index (κ2) is 11.9. The molecule has 0 spiro atoms. The monoisotopic (exact) mass is 484 g/mol. The van der Waals surface area contributed by atoms with Crippen LogP contribution in [-0.4, -0.2) is 84.4 Å². The van der Waals surface area contributed by atoms with Gasteiger partial charge in [0.1, 0.15) is 17.4 Å². The molecule has 0 saturated carbocycles. The summed E-state index contributed by atoms with van der Waals surface area (Å²) in [7, 11) is 3.33.